The number of aliphatic carboxylic acids is 1. The SMILES string of the molecule is Cc1noc(CSC(Cc2ccccc2)C(=O)O)n1. The fourth-order valence-electron chi connectivity index (χ4n) is 1.62. The third kappa shape index (κ3) is 4.10. The molecule has 0 radical (unpaired) electrons. The predicted octanol–water partition coefficient (Wildman–Crippen LogP) is 2.31. The highest BCUT2D eigenvalue weighted by Crippen LogP contribution is 2.21. The van der Waals surface area contributed by atoms with E-state index in [4.69, 9.17) is 4.52 Å². The minimum absolute atomic E-state index is 0.407. The van der Waals surface area contributed by atoms with Crippen molar-refractivity contribution < 1.29 is 14.4 Å². The van der Waals surface area contributed by atoms with Crippen molar-refractivity contribution in [3.8, 4) is 0 Å². The van der Waals surface area contributed by atoms with Gasteiger partial charge in [-0.2, -0.15) is 4.98 Å². The number of thioether (sulfide) groups is 1. The average molecular weight is 278 g/mol. The molecular formula is C13H14N2O3S. The maximum atomic E-state index is 11.2. The van der Waals surface area contributed by atoms with Crippen LogP contribution in [0.1, 0.15) is 17.3 Å². The number of carboxylic acids is 1. The highest BCUT2D eigenvalue weighted by molar-refractivity contribution is 7.99. The molecule has 100 valence electrons. The van der Waals surface area contributed by atoms with Crippen molar-refractivity contribution in [3.05, 3.63) is 47.6 Å². The van der Waals surface area contributed by atoms with Crippen molar-refractivity contribution in [2.45, 2.75) is 24.3 Å². The Kier molecular flexibility index (Phi) is 4.57. The second kappa shape index (κ2) is 6.38. The Balaban J connectivity index is 1.95. The summed E-state index contributed by atoms with van der Waals surface area (Å²) in [5.74, 6) is 0.599. The van der Waals surface area contributed by atoms with E-state index in [1.54, 1.807) is 6.92 Å². The molecule has 1 heterocycles. The molecule has 0 aliphatic rings. The average Bonchev–Trinajstić information content (AvgIpc) is 2.81. The van der Waals surface area contributed by atoms with Gasteiger partial charge in [-0.1, -0.05) is 35.5 Å². The number of carboxylic acid groups (broad SMARTS) is 1. The van der Waals surface area contributed by atoms with E-state index in [9.17, 15) is 9.90 Å². The smallest absolute Gasteiger partial charge is 0.316 e. The maximum absolute atomic E-state index is 11.2. The van der Waals surface area contributed by atoms with E-state index in [1.807, 2.05) is 30.3 Å². The summed E-state index contributed by atoms with van der Waals surface area (Å²) in [7, 11) is 0. The van der Waals surface area contributed by atoms with Gasteiger partial charge in [-0.15, -0.1) is 11.8 Å². The lowest BCUT2D eigenvalue weighted by Crippen LogP contribution is -2.19. The summed E-state index contributed by atoms with van der Waals surface area (Å²) in [6.45, 7) is 1.73. The Morgan fingerprint density at radius 1 is 1.42 bits per heavy atom. The number of carbonyl (C=O) groups is 1. The van der Waals surface area contributed by atoms with Crippen LogP contribution in [0.3, 0.4) is 0 Å². The Labute approximate surface area is 115 Å². The Bertz CT molecular complexity index is 542. The number of hydrogen-bond acceptors (Lipinski definition) is 5. The Morgan fingerprint density at radius 3 is 2.74 bits per heavy atom. The van der Waals surface area contributed by atoms with Crippen molar-refractivity contribution >= 4 is 17.7 Å². The molecule has 0 saturated heterocycles. The molecule has 1 atom stereocenters. The molecule has 19 heavy (non-hydrogen) atoms. The van der Waals surface area contributed by atoms with Crippen LogP contribution in [-0.2, 0) is 17.0 Å². The lowest BCUT2D eigenvalue weighted by Gasteiger charge is -2.10. The number of aromatic nitrogens is 2. The van der Waals surface area contributed by atoms with Gasteiger partial charge in [0.15, 0.2) is 5.82 Å². The third-order valence-corrected chi connectivity index (χ3v) is 3.70. The second-order valence-corrected chi connectivity index (χ2v) is 5.25. The zero-order valence-electron chi connectivity index (χ0n) is 10.4. The number of aryl methyl sites for hydroxylation is 1. The predicted molar refractivity (Wildman–Crippen MR) is 71.9 cm³/mol. The largest absolute Gasteiger partial charge is 0.480 e. The molecule has 2 rings (SSSR count). The topological polar surface area (TPSA) is 76.2 Å². The summed E-state index contributed by atoms with van der Waals surface area (Å²) in [4.78, 5) is 15.3. The van der Waals surface area contributed by atoms with Gasteiger partial charge < -0.3 is 9.63 Å². The summed E-state index contributed by atoms with van der Waals surface area (Å²) in [5.41, 5.74) is 1.00. The van der Waals surface area contributed by atoms with Gasteiger partial charge in [0.05, 0.1) is 5.75 Å². The first kappa shape index (κ1) is 13.6. The zero-order valence-corrected chi connectivity index (χ0v) is 11.3. The molecule has 1 unspecified atom stereocenters. The molecule has 1 aromatic heterocycles. The minimum atomic E-state index is -0.829. The molecule has 5 nitrogen and oxygen atoms in total. The molecule has 6 heteroatoms. The van der Waals surface area contributed by atoms with Crippen LogP contribution in [0.25, 0.3) is 0 Å². The van der Waals surface area contributed by atoms with Crippen molar-refractivity contribution in [2.24, 2.45) is 0 Å². The highest BCUT2D eigenvalue weighted by atomic mass is 32.2. The van der Waals surface area contributed by atoms with Crippen LogP contribution in [0.15, 0.2) is 34.9 Å². The van der Waals surface area contributed by atoms with Crippen LogP contribution in [0.5, 0.6) is 0 Å². The number of rotatable bonds is 6. The Hall–Kier alpha value is -1.82. The first-order valence-corrected chi connectivity index (χ1v) is 6.87. The van der Waals surface area contributed by atoms with E-state index in [-0.39, 0.29) is 0 Å². The summed E-state index contributed by atoms with van der Waals surface area (Å²) in [6, 6.07) is 9.56. The van der Waals surface area contributed by atoms with Gasteiger partial charge >= 0.3 is 5.97 Å². The lowest BCUT2D eigenvalue weighted by atomic mass is 10.1. The van der Waals surface area contributed by atoms with Crippen LogP contribution < -0.4 is 0 Å². The molecule has 2 aromatic rings. The molecular weight excluding hydrogens is 264 g/mol. The molecule has 0 saturated carbocycles. The van der Waals surface area contributed by atoms with Crippen LogP contribution in [0.4, 0.5) is 0 Å². The number of benzene rings is 1. The molecule has 1 aromatic carbocycles. The maximum Gasteiger partial charge on any atom is 0.316 e. The van der Waals surface area contributed by atoms with E-state index in [0.29, 0.717) is 23.9 Å². The first-order valence-electron chi connectivity index (χ1n) is 5.82. The van der Waals surface area contributed by atoms with Crippen LogP contribution in [-0.4, -0.2) is 26.5 Å². The Morgan fingerprint density at radius 2 is 2.16 bits per heavy atom. The monoisotopic (exact) mass is 278 g/mol. The number of nitrogens with zero attached hydrogens (tertiary/aromatic N) is 2. The second-order valence-electron chi connectivity index (χ2n) is 4.06. The van der Waals surface area contributed by atoms with E-state index in [0.717, 1.165) is 5.56 Å². The fraction of sp³-hybridized carbons (Fsp3) is 0.308. The normalized spacial score (nSPS) is 12.3. The van der Waals surface area contributed by atoms with Crippen LogP contribution >= 0.6 is 11.8 Å². The van der Waals surface area contributed by atoms with Gasteiger partial charge in [-0.25, -0.2) is 0 Å². The fourth-order valence-corrected chi connectivity index (χ4v) is 2.53. The van der Waals surface area contributed by atoms with Gasteiger partial charge in [-0.3, -0.25) is 4.79 Å². The van der Waals surface area contributed by atoms with E-state index < -0.39 is 11.2 Å². The van der Waals surface area contributed by atoms with Gasteiger partial charge in [0.25, 0.3) is 0 Å². The van der Waals surface area contributed by atoms with Crippen molar-refractivity contribution in [2.75, 3.05) is 0 Å². The summed E-state index contributed by atoms with van der Waals surface area (Å²) in [5, 5.41) is 12.4. The molecule has 0 aliphatic heterocycles. The summed E-state index contributed by atoms with van der Waals surface area (Å²) in [6.07, 6.45) is 0.480. The van der Waals surface area contributed by atoms with Crippen molar-refractivity contribution in [1.82, 2.24) is 10.1 Å². The van der Waals surface area contributed by atoms with Crippen molar-refractivity contribution in [3.63, 3.8) is 0 Å². The standard InChI is InChI=1S/C13H14N2O3S/c1-9-14-12(18-15-9)8-19-11(13(16)17)7-10-5-3-2-4-6-10/h2-6,11H,7-8H2,1H3,(H,16,17). The van der Waals surface area contributed by atoms with Gasteiger partial charge in [0, 0.05) is 0 Å². The molecule has 0 aliphatic carbocycles. The quantitative estimate of drug-likeness (QED) is 0.873. The van der Waals surface area contributed by atoms with E-state index in [2.05, 4.69) is 10.1 Å². The van der Waals surface area contributed by atoms with E-state index >= 15 is 0 Å². The minimum Gasteiger partial charge on any atom is -0.480 e. The number of hydrogen-bond donors (Lipinski definition) is 1. The molecule has 1 N–H and O–H groups in total. The van der Waals surface area contributed by atoms with Gasteiger partial charge in [0.1, 0.15) is 5.25 Å². The van der Waals surface area contributed by atoms with Crippen LogP contribution in [0, 0.1) is 6.92 Å². The van der Waals surface area contributed by atoms with Gasteiger partial charge in [-0.05, 0) is 18.9 Å². The lowest BCUT2D eigenvalue weighted by molar-refractivity contribution is -0.136. The summed E-state index contributed by atoms with van der Waals surface area (Å²) >= 11 is 1.30. The first-order chi connectivity index (χ1) is 9.15. The molecule has 0 amide bonds. The summed E-state index contributed by atoms with van der Waals surface area (Å²) < 4.78 is 4.97. The third-order valence-electron chi connectivity index (χ3n) is 2.52. The van der Waals surface area contributed by atoms with E-state index in [1.165, 1.54) is 11.8 Å². The molecule has 0 fully saturated rings. The van der Waals surface area contributed by atoms with Gasteiger partial charge in [0.2, 0.25) is 5.89 Å². The highest BCUT2D eigenvalue weighted by Gasteiger charge is 2.19. The van der Waals surface area contributed by atoms with Crippen LogP contribution in [0.2, 0.25) is 0 Å². The zero-order chi connectivity index (χ0) is 13.7. The van der Waals surface area contributed by atoms with Crippen molar-refractivity contribution in [1.29, 1.82) is 0 Å². The molecule has 0 bridgehead atoms. The molecule has 0 spiro atoms.